The van der Waals surface area contributed by atoms with Crippen molar-refractivity contribution in [3.8, 4) is 0 Å². The molecule has 1 nitrogen and oxygen atoms in total. The first-order valence-corrected chi connectivity index (χ1v) is 8.16. The molecule has 21 heavy (non-hydrogen) atoms. The summed E-state index contributed by atoms with van der Waals surface area (Å²) in [6, 6.07) is 3.38. The molecule has 1 unspecified atom stereocenters. The van der Waals surface area contributed by atoms with Crippen molar-refractivity contribution < 1.29 is 13.9 Å². The SMILES string of the molecule is OC(CC12CC3CC(CC(C3)C1)C2)c1cc(F)ccc1F. The van der Waals surface area contributed by atoms with Crippen molar-refractivity contribution in [2.75, 3.05) is 0 Å². The minimum atomic E-state index is -0.878. The first kappa shape index (κ1) is 13.7. The molecule has 0 aromatic heterocycles. The fourth-order valence-corrected chi connectivity index (χ4v) is 5.83. The molecule has 0 amide bonds. The van der Waals surface area contributed by atoms with Crippen molar-refractivity contribution in [2.24, 2.45) is 23.2 Å². The minimum absolute atomic E-state index is 0.130. The zero-order chi connectivity index (χ0) is 14.6. The first-order chi connectivity index (χ1) is 10.0. The Labute approximate surface area is 124 Å². The van der Waals surface area contributed by atoms with E-state index in [0.29, 0.717) is 6.42 Å². The van der Waals surface area contributed by atoms with Gasteiger partial charge in [-0.3, -0.25) is 0 Å². The van der Waals surface area contributed by atoms with Crippen LogP contribution in [-0.2, 0) is 0 Å². The number of halogens is 2. The Kier molecular flexibility index (Phi) is 3.11. The molecular formula is C18H22F2O. The summed E-state index contributed by atoms with van der Waals surface area (Å²) in [6.07, 6.45) is 7.29. The van der Waals surface area contributed by atoms with Crippen molar-refractivity contribution in [1.82, 2.24) is 0 Å². The quantitative estimate of drug-likeness (QED) is 0.863. The van der Waals surface area contributed by atoms with Gasteiger partial charge in [-0.2, -0.15) is 0 Å². The lowest BCUT2D eigenvalue weighted by atomic mass is 9.48. The molecule has 0 aliphatic heterocycles. The maximum Gasteiger partial charge on any atom is 0.129 e. The van der Waals surface area contributed by atoms with Crippen LogP contribution in [0.4, 0.5) is 8.78 Å². The Morgan fingerprint density at radius 3 is 2.19 bits per heavy atom. The monoisotopic (exact) mass is 292 g/mol. The molecule has 4 fully saturated rings. The molecule has 4 aliphatic carbocycles. The van der Waals surface area contributed by atoms with Crippen LogP contribution in [0.5, 0.6) is 0 Å². The third kappa shape index (κ3) is 2.40. The van der Waals surface area contributed by atoms with Gasteiger partial charge in [0.15, 0.2) is 0 Å². The van der Waals surface area contributed by atoms with Crippen LogP contribution in [0.15, 0.2) is 18.2 Å². The number of rotatable bonds is 3. The van der Waals surface area contributed by atoms with E-state index in [1.165, 1.54) is 38.5 Å². The van der Waals surface area contributed by atoms with Gasteiger partial charge >= 0.3 is 0 Å². The Bertz CT molecular complexity index is 519. The Morgan fingerprint density at radius 1 is 1.05 bits per heavy atom. The lowest BCUT2D eigenvalue weighted by Gasteiger charge is -2.57. The van der Waals surface area contributed by atoms with E-state index in [9.17, 15) is 13.9 Å². The van der Waals surface area contributed by atoms with E-state index in [4.69, 9.17) is 0 Å². The minimum Gasteiger partial charge on any atom is -0.388 e. The highest BCUT2D eigenvalue weighted by atomic mass is 19.1. The van der Waals surface area contributed by atoms with Gasteiger partial charge in [-0.1, -0.05) is 0 Å². The molecule has 1 N–H and O–H groups in total. The van der Waals surface area contributed by atoms with Gasteiger partial charge in [-0.15, -0.1) is 0 Å². The number of aliphatic hydroxyl groups is 1. The van der Waals surface area contributed by atoms with Gasteiger partial charge < -0.3 is 5.11 Å². The topological polar surface area (TPSA) is 20.2 Å². The molecule has 3 heteroatoms. The number of hydrogen-bond acceptors (Lipinski definition) is 1. The summed E-state index contributed by atoms with van der Waals surface area (Å²) in [7, 11) is 0. The highest BCUT2D eigenvalue weighted by Crippen LogP contribution is 2.62. The fourth-order valence-electron chi connectivity index (χ4n) is 5.83. The predicted molar refractivity (Wildman–Crippen MR) is 76.5 cm³/mol. The molecule has 0 radical (unpaired) electrons. The highest BCUT2D eigenvalue weighted by Gasteiger charge is 2.51. The van der Waals surface area contributed by atoms with Crippen molar-refractivity contribution in [2.45, 2.75) is 51.0 Å². The Hall–Kier alpha value is -0.960. The number of aliphatic hydroxyl groups excluding tert-OH is 1. The summed E-state index contributed by atoms with van der Waals surface area (Å²) in [5.74, 6) is 1.45. The van der Waals surface area contributed by atoms with Crippen LogP contribution in [0.1, 0.15) is 56.6 Å². The van der Waals surface area contributed by atoms with E-state index < -0.39 is 17.7 Å². The third-order valence-electron chi connectivity index (χ3n) is 6.11. The second kappa shape index (κ2) is 4.77. The van der Waals surface area contributed by atoms with E-state index in [2.05, 4.69) is 0 Å². The molecule has 114 valence electrons. The van der Waals surface area contributed by atoms with Crippen molar-refractivity contribution >= 4 is 0 Å². The van der Waals surface area contributed by atoms with Crippen molar-refractivity contribution in [3.63, 3.8) is 0 Å². The summed E-state index contributed by atoms with van der Waals surface area (Å²) in [4.78, 5) is 0. The van der Waals surface area contributed by atoms with Gasteiger partial charge in [-0.05, 0) is 86.3 Å². The van der Waals surface area contributed by atoms with Gasteiger partial charge in [0.05, 0.1) is 6.10 Å². The molecule has 0 heterocycles. The molecule has 4 aliphatic rings. The molecule has 0 spiro atoms. The maximum atomic E-state index is 13.9. The van der Waals surface area contributed by atoms with E-state index >= 15 is 0 Å². The Balaban J connectivity index is 1.56. The summed E-state index contributed by atoms with van der Waals surface area (Å²) >= 11 is 0. The maximum absolute atomic E-state index is 13.9. The van der Waals surface area contributed by atoms with Crippen LogP contribution in [0, 0.1) is 34.8 Å². The smallest absolute Gasteiger partial charge is 0.129 e. The fraction of sp³-hybridized carbons (Fsp3) is 0.667. The molecule has 1 aromatic rings. The second-order valence-corrected chi connectivity index (χ2v) is 7.80. The second-order valence-electron chi connectivity index (χ2n) is 7.80. The average molecular weight is 292 g/mol. The van der Waals surface area contributed by atoms with Crippen LogP contribution in [-0.4, -0.2) is 5.11 Å². The van der Waals surface area contributed by atoms with Gasteiger partial charge in [-0.25, -0.2) is 8.78 Å². The van der Waals surface area contributed by atoms with Crippen LogP contribution >= 0.6 is 0 Å². The van der Waals surface area contributed by atoms with Crippen LogP contribution < -0.4 is 0 Å². The molecule has 0 saturated heterocycles. The third-order valence-corrected chi connectivity index (χ3v) is 6.11. The molecule has 1 atom stereocenters. The standard InChI is InChI=1S/C18H22F2O/c19-14-1-2-16(20)15(6-14)17(21)10-18-7-11-3-12(8-18)5-13(4-11)9-18/h1-2,6,11-13,17,21H,3-5,7-10H2. The first-order valence-electron chi connectivity index (χ1n) is 8.16. The normalized spacial score (nSPS) is 38.7. The summed E-state index contributed by atoms with van der Waals surface area (Å²) in [5.41, 5.74) is 0.304. The summed E-state index contributed by atoms with van der Waals surface area (Å²) in [6.45, 7) is 0. The Morgan fingerprint density at radius 2 is 1.62 bits per heavy atom. The zero-order valence-corrected chi connectivity index (χ0v) is 12.2. The molecule has 4 bridgehead atoms. The molecular weight excluding hydrogens is 270 g/mol. The lowest BCUT2D eigenvalue weighted by molar-refractivity contribution is -0.0767. The molecule has 1 aromatic carbocycles. The summed E-state index contributed by atoms with van der Waals surface area (Å²) in [5, 5.41) is 10.5. The van der Waals surface area contributed by atoms with E-state index in [-0.39, 0.29) is 11.0 Å². The largest absolute Gasteiger partial charge is 0.388 e. The lowest BCUT2D eigenvalue weighted by Crippen LogP contribution is -2.46. The van der Waals surface area contributed by atoms with Gasteiger partial charge in [0.1, 0.15) is 11.6 Å². The summed E-state index contributed by atoms with van der Waals surface area (Å²) < 4.78 is 27.2. The van der Waals surface area contributed by atoms with E-state index in [1.807, 2.05) is 0 Å². The van der Waals surface area contributed by atoms with Crippen LogP contribution in [0.25, 0.3) is 0 Å². The van der Waals surface area contributed by atoms with Crippen molar-refractivity contribution in [1.29, 1.82) is 0 Å². The van der Waals surface area contributed by atoms with Gasteiger partial charge in [0, 0.05) is 5.56 Å². The zero-order valence-electron chi connectivity index (χ0n) is 12.2. The molecule has 5 rings (SSSR count). The van der Waals surface area contributed by atoms with Crippen molar-refractivity contribution in [3.05, 3.63) is 35.4 Å². The predicted octanol–water partition coefficient (Wildman–Crippen LogP) is 4.60. The van der Waals surface area contributed by atoms with E-state index in [1.54, 1.807) is 0 Å². The highest BCUT2D eigenvalue weighted by molar-refractivity contribution is 5.21. The number of benzene rings is 1. The van der Waals surface area contributed by atoms with Gasteiger partial charge in [0.2, 0.25) is 0 Å². The average Bonchev–Trinajstić information content (AvgIpc) is 2.39. The van der Waals surface area contributed by atoms with Crippen LogP contribution in [0.2, 0.25) is 0 Å². The molecule has 4 saturated carbocycles. The number of hydrogen-bond donors (Lipinski definition) is 1. The van der Waals surface area contributed by atoms with E-state index in [0.717, 1.165) is 36.0 Å². The van der Waals surface area contributed by atoms with Crippen LogP contribution in [0.3, 0.4) is 0 Å². The van der Waals surface area contributed by atoms with Gasteiger partial charge in [0.25, 0.3) is 0 Å².